The summed E-state index contributed by atoms with van der Waals surface area (Å²) in [6.07, 6.45) is -17.1. The van der Waals surface area contributed by atoms with Crippen LogP contribution in [0, 0.1) is 12.8 Å². The Labute approximate surface area is 712 Å². The van der Waals surface area contributed by atoms with Gasteiger partial charge < -0.3 is 138 Å². The van der Waals surface area contributed by atoms with Gasteiger partial charge >= 0.3 is 5.97 Å². The average Bonchev–Trinajstić information content (AvgIpc) is 0.766. The number of carbonyl (C=O) groups excluding carboxylic acids is 7. The van der Waals surface area contributed by atoms with Gasteiger partial charge in [-0.2, -0.15) is 0 Å². The van der Waals surface area contributed by atoms with Gasteiger partial charge in [0.25, 0.3) is 0 Å². The van der Waals surface area contributed by atoms with Crippen LogP contribution >= 0.6 is 23.2 Å². The molecule has 8 aromatic rings. The molecule has 7 aliphatic heterocycles. The van der Waals surface area contributed by atoms with Gasteiger partial charge in [0.1, 0.15) is 102 Å². The first kappa shape index (κ1) is 89.0. The number of nitrogens with two attached hydrogens (primary N) is 1. The Hall–Kier alpha value is -11.8. The summed E-state index contributed by atoms with van der Waals surface area (Å²) in [5.41, 5.74) is 5.28. The maximum absolute atomic E-state index is 16.2. The van der Waals surface area contributed by atoms with Crippen LogP contribution in [0.15, 0.2) is 134 Å². The van der Waals surface area contributed by atoms with Crippen molar-refractivity contribution >= 4 is 87.1 Å². The van der Waals surface area contributed by atoms with E-state index < -0.39 is 237 Å². The summed E-state index contributed by atoms with van der Waals surface area (Å²) in [5, 5.41) is 141. The molecule has 0 radical (unpaired) electrons. The highest BCUT2D eigenvalue weighted by Gasteiger charge is 2.52. The number of aromatic hydroxyl groups is 3. The van der Waals surface area contributed by atoms with Crippen molar-refractivity contribution in [2.24, 2.45) is 11.7 Å². The summed E-state index contributed by atoms with van der Waals surface area (Å²) >= 11 is 14.3. The molecule has 36 nitrogen and oxygen atoms in total. The number of aliphatic hydroxyl groups excluding tert-OH is 6. The highest BCUT2D eigenvalue weighted by atomic mass is 35.5. The molecule has 11 bridgehead atoms. The minimum Gasteiger partial charge on any atom is -0.508 e. The molecule has 7 aliphatic rings. The molecule has 18 atom stereocenters. The molecule has 21 N–H and O–H groups in total. The topological polar surface area (TPSA) is 551 Å². The number of amides is 7. The van der Waals surface area contributed by atoms with Crippen LogP contribution in [0.1, 0.15) is 116 Å². The zero-order valence-electron chi connectivity index (χ0n) is 66.9. The smallest absolute Gasteiger partial charge is 0.330 e. The number of phenols is 3. The molecule has 15 rings (SSSR count). The third-order valence-electron chi connectivity index (χ3n) is 21.9. The number of benzene rings is 7. The van der Waals surface area contributed by atoms with Crippen molar-refractivity contribution in [1.29, 1.82) is 0 Å². The normalized spacial score (nSPS) is 26.2. The molecule has 0 saturated carbocycles. The Balaban J connectivity index is 0.922. The van der Waals surface area contributed by atoms with Gasteiger partial charge in [-0.25, -0.2) is 4.79 Å². The lowest BCUT2D eigenvalue weighted by Gasteiger charge is -2.48. The molecule has 652 valence electrons. The number of carbonyl (C=O) groups is 8. The van der Waals surface area contributed by atoms with Crippen molar-refractivity contribution in [3.8, 4) is 62.9 Å². The summed E-state index contributed by atoms with van der Waals surface area (Å²) in [6.45, 7) is 8.90. The third-order valence-corrected chi connectivity index (χ3v) is 22.5. The van der Waals surface area contributed by atoms with Crippen molar-refractivity contribution in [1.82, 2.24) is 47.5 Å². The van der Waals surface area contributed by atoms with Crippen molar-refractivity contribution in [3.05, 3.63) is 183 Å². The first-order valence-corrected chi connectivity index (χ1v) is 40.1. The van der Waals surface area contributed by atoms with Gasteiger partial charge in [0, 0.05) is 65.1 Å². The number of hydrogen-bond acceptors (Lipinski definition) is 28. The number of rotatable bonds is 21. The first-order valence-electron chi connectivity index (χ1n) is 39.3. The fourth-order valence-corrected chi connectivity index (χ4v) is 15.9. The van der Waals surface area contributed by atoms with E-state index in [1.54, 1.807) is 32.2 Å². The first-order chi connectivity index (χ1) is 58.6. The fraction of sp³-hybridized carbons (Fsp3) is 0.376. The molecule has 7 aromatic carbocycles. The van der Waals surface area contributed by atoms with Crippen molar-refractivity contribution in [2.75, 3.05) is 32.1 Å². The number of carboxylic acid groups (broad SMARTS) is 1. The molecule has 7 amide bonds. The van der Waals surface area contributed by atoms with Crippen LogP contribution in [-0.2, 0) is 59.1 Å². The number of halogens is 2. The monoisotopic (exact) mass is 1740 g/mol. The number of pyridine rings is 1. The van der Waals surface area contributed by atoms with Crippen molar-refractivity contribution < 1.29 is 123 Å². The van der Waals surface area contributed by atoms with Crippen LogP contribution < -0.4 is 72.5 Å². The van der Waals surface area contributed by atoms with Crippen LogP contribution in [0.2, 0.25) is 10.0 Å². The molecule has 0 spiro atoms. The third kappa shape index (κ3) is 19.7. The lowest BCUT2D eigenvalue weighted by molar-refractivity contribution is -0.334. The van der Waals surface area contributed by atoms with Gasteiger partial charge in [0.15, 0.2) is 29.9 Å². The van der Waals surface area contributed by atoms with E-state index in [0.717, 1.165) is 94.4 Å². The number of aliphatic hydroxyl groups is 6. The molecule has 2 saturated heterocycles. The summed E-state index contributed by atoms with van der Waals surface area (Å²) in [7, 11) is 1.48. The van der Waals surface area contributed by atoms with Gasteiger partial charge in [-0.3, -0.25) is 38.5 Å². The number of aromatic nitrogens is 1. The second kappa shape index (κ2) is 37.5. The summed E-state index contributed by atoms with van der Waals surface area (Å²) in [4.78, 5) is 123. The van der Waals surface area contributed by atoms with Crippen LogP contribution in [0.3, 0.4) is 0 Å². The maximum Gasteiger partial charge on any atom is 0.330 e. The Kier molecular flexibility index (Phi) is 27.2. The molecule has 38 heteroatoms. The number of aliphatic carboxylic acids is 1. The van der Waals surface area contributed by atoms with E-state index >= 15 is 14.4 Å². The van der Waals surface area contributed by atoms with E-state index in [-0.39, 0.29) is 52.8 Å². The van der Waals surface area contributed by atoms with Crippen LogP contribution in [0.4, 0.5) is 5.69 Å². The maximum atomic E-state index is 16.2. The average molecular weight is 1740 g/mol. The highest BCUT2D eigenvalue weighted by Crippen LogP contribution is 2.50. The number of primary amides is 1. The largest absolute Gasteiger partial charge is 0.508 e. The Morgan fingerprint density at radius 2 is 1.37 bits per heavy atom. The number of likely N-dealkylation sites (N-methyl/N-ethyl adjacent to an activating group) is 1. The number of ether oxygens (including phenoxy) is 7. The quantitative estimate of drug-likeness (QED) is 0.0446. The minimum atomic E-state index is -2.37. The Bertz CT molecular complexity index is 5360. The number of carboxylic acids is 1. The molecule has 9 unspecified atom stereocenters. The van der Waals surface area contributed by atoms with E-state index in [0.29, 0.717) is 18.9 Å². The zero-order chi connectivity index (χ0) is 88.3. The summed E-state index contributed by atoms with van der Waals surface area (Å²) in [5.74, 6) is -15.5. The van der Waals surface area contributed by atoms with E-state index in [2.05, 4.69) is 52.8 Å². The van der Waals surface area contributed by atoms with E-state index in [4.69, 9.17) is 62.1 Å². The number of fused-ring (bicyclic) bond motifs is 16. The Morgan fingerprint density at radius 3 is 2.02 bits per heavy atom. The van der Waals surface area contributed by atoms with Crippen LogP contribution in [-0.4, -0.2) is 209 Å². The summed E-state index contributed by atoms with van der Waals surface area (Å²) < 4.78 is 45.7. The highest BCUT2D eigenvalue weighted by molar-refractivity contribution is 6.32. The molecule has 123 heavy (non-hydrogen) atoms. The standard InChI is InChI=1S/C85H93Cl2N11O25/c1-36(2)23-53(89-6)77(109)97-68-70(104)41-11-17-57(49(86)26-41)119-59-28-43-29-60(74(59)123-84-75(73(107)72(106)61(35-99)121-84)122-63-33-85(5,76(108)38(4)118-63)92-34-39-8-13-45(14-9-39)117-22-21-91-51-19-20-90-52-24-37(3)7-15-46(51)52)120-58-18-12-42(27-50(58)87)71(105)69-82(114)96-67(83(115)116)48-30-44(100)31-56(102)64(48)47-25-40(10-16-55(47)101)65(79(111)98-69)95-80(112)66(43)94-78(110)54(32-62(88)103)93-81(68)113/h7-20,24-31,36,38,53-54,61,63,65-73,75-76,84,89,92,99-102,104-108H,21-23,32-35H2,1-6H3,(H2,88,103)(H,90,91)(H,93,113)(H,94,110)(H,95,112)(H,96,114)(H,97,109)(H,98,111)(H,115,116)/t38?,53-,54+,61?,63?,65-,66-,67-,68-,69+,70-,71-,72?,73?,75?,76?,84?,85?/m1/s1. The molecular weight excluding hydrogens is 1650 g/mol. The second-order valence-corrected chi connectivity index (χ2v) is 32.1. The van der Waals surface area contributed by atoms with Gasteiger partial charge in [0.2, 0.25) is 53.4 Å². The molecular formula is C85H93Cl2N11O25. The zero-order valence-corrected chi connectivity index (χ0v) is 68.4. The molecule has 2 fully saturated rings. The van der Waals surface area contributed by atoms with Crippen molar-refractivity contribution in [3.63, 3.8) is 0 Å². The van der Waals surface area contributed by atoms with Crippen molar-refractivity contribution in [2.45, 2.75) is 170 Å². The van der Waals surface area contributed by atoms with Crippen LogP contribution in [0.5, 0.6) is 51.7 Å². The SMILES string of the molecule is CN[C@H](CC(C)C)C(=O)N[C@H]1C(=O)N[C@@H](CC(N)=O)C(=O)N[C@H]2C(=O)N[C@H]3C(=O)N[C@H](C(=O)N[C@@H](C(=O)O)c4cc(O)cc(O)c4-c4cc3ccc4O)[C@H](O)c3ccc(c(Cl)c3)Oc3cc2cc(c3OC2OC(CO)C(O)C(O)C2OC2CC(C)(NCc3ccc(OCCNc4ccnc5cc(C)ccc45)cc3)C(O)C(C)O2)Oc2ccc(cc2Cl)[C@H]1O. The fourth-order valence-electron chi connectivity index (χ4n) is 15.4. The lowest BCUT2D eigenvalue weighted by atomic mass is 9.84. The summed E-state index contributed by atoms with van der Waals surface area (Å²) in [6, 6.07) is 14.5. The Morgan fingerprint density at radius 1 is 0.707 bits per heavy atom. The number of nitrogens with zero attached hydrogens (tertiary/aromatic N) is 1. The number of nitrogens with one attached hydrogen (secondary N) is 9. The second-order valence-electron chi connectivity index (χ2n) is 31.3. The number of anilines is 1. The number of hydrogen-bond donors (Lipinski definition) is 20. The number of aryl methyl sites for hydroxylation is 1. The molecule has 1 aromatic heterocycles. The molecule has 0 aliphatic carbocycles. The van der Waals surface area contributed by atoms with E-state index in [1.807, 2.05) is 57.2 Å². The van der Waals surface area contributed by atoms with Gasteiger partial charge in [-0.1, -0.05) is 79.5 Å². The van der Waals surface area contributed by atoms with Gasteiger partial charge in [-0.05, 0) is 152 Å². The number of phenolic OH excluding ortho intramolecular Hbond substituents is 3. The van der Waals surface area contributed by atoms with E-state index in [1.165, 1.54) is 19.2 Å². The van der Waals surface area contributed by atoms with Gasteiger partial charge in [0.05, 0.1) is 46.8 Å². The minimum absolute atomic E-state index is 0.110. The van der Waals surface area contributed by atoms with E-state index in [9.17, 15) is 75.0 Å². The van der Waals surface area contributed by atoms with Crippen LogP contribution in [0.25, 0.3) is 22.0 Å². The molecule has 8 heterocycles. The lowest BCUT2D eigenvalue weighted by Crippen LogP contribution is -2.65. The predicted molar refractivity (Wildman–Crippen MR) is 439 cm³/mol. The predicted octanol–water partition coefficient (Wildman–Crippen LogP) is 4.28. The van der Waals surface area contributed by atoms with Gasteiger partial charge in [-0.15, -0.1) is 0 Å².